The fourth-order valence-electron chi connectivity index (χ4n) is 3.92. The Morgan fingerprint density at radius 2 is 1.88 bits per heavy atom. The van der Waals surface area contributed by atoms with E-state index in [-0.39, 0.29) is 11.0 Å². The van der Waals surface area contributed by atoms with Gasteiger partial charge in [-0.2, -0.15) is 0 Å². The van der Waals surface area contributed by atoms with Crippen LogP contribution >= 0.6 is 12.2 Å². The third kappa shape index (κ3) is 3.20. The summed E-state index contributed by atoms with van der Waals surface area (Å²) in [6, 6.07) is 4.35. The largest absolute Gasteiger partial charge is 0.493 e. The summed E-state index contributed by atoms with van der Waals surface area (Å²) in [6.45, 7) is 4.65. The van der Waals surface area contributed by atoms with E-state index in [4.69, 9.17) is 18.0 Å². The van der Waals surface area contributed by atoms with Gasteiger partial charge in [-0.15, -0.1) is 10.2 Å². The monoisotopic (exact) mass is 372 g/mol. The number of aryl methyl sites for hydroxylation is 2. The molecule has 7 nitrogen and oxygen atoms in total. The van der Waals surface area contributed by atoms with Crippen molar-refractivity contribution < 1.29 is 5.11 Å². The quantitative estimate of drug-likeness (QED) is 0.638. The van der Waals surface area contributed by atoms with Crippen LogP contribution in [0.1, 0.15) is 17.5 Å². The maximum absolute atomic E-state index is 10.9. The molecule has 0 atom stereocenters. The van der Waals surface area contributed by atoms with Crippen LogP contribution in [0.4, 0.5) is 5.69 Å². The zero-order chi connectivity index (χ0) is 18.3. The summed E-state index contributed by atoms with van der Waals surface area (Å²) in [7, 11) is 2.14. The summed E-state index contributed by atoms with van der Waals surface area (Å²) in [5, 5.41) is 19.7. The fourth-order valence-corrected chi connectivity index (χ4v) is 3.96. The van der Waals surface area contributed by atoms with Gasteiger partial charge in [0.1, 0.15) is 0 Å². The van der Waals surface area contributed by atoms with Crippen molar-refractivity contribution in [3.63, 3.8) is 0 Å². The highest BCUT2D eigenvalue weighted by atomic mass is 32.1. The zero-order valence-electron chi connectivity index (χ0n) is 15.0. The lowest BCUT2D eigenvalue weighted by Crippen LogP contribution is -2.44. The number of nitrogens with zero attached hydrogens (tertiary/aromatic N) is 5. The highest BCUT2D eigenvalue weighted by Gasteiger charge is 2.23. The molecular formula is C18H24N6OS. The minimum Gasteiger partial charge on any atom is -0.493 e. The number of azo groups is 1. The first-order valence-electron chi connectivity index (χ1n) is 9.02. The molecule has 4 rings (SSSR count). The van der Waals surface area contributed by atoms with Crippen LogP contribution in [-0.2, 0) is 19.5 Å². The molecule has 3 N–H and O–H groups in total. The number of piperazine rings is 1. The van der Waals surface area contributed by atoms with Crippen molar-refractivity contribution in [3.8, 4) is 5.88 Å². The van der Waals surface area contributed by atoms with E-state index >= 15 is 0 Å². The van der Waals surface area contributed by atoms with Crippen molar-refractivity contribution in [2.75, 3.05) is 33.2 Å². The van der Waals surface area contributed by atoms with Gasteiger partial charge in [0.15, 0.2) is 5.69 Å². The van der Waals surface area contributed by atoms with Gasteiger partial charge in [0.05, 0.1) is 12.2 Å². The van der Waals surface area contributed by atoms with E-state index in [0.717, 1.165) is 49.9 Å². The van der Waals surface area contributed by atoms with Crippen LogP contribution in [0, 0.1) is 0 Å². The van der Waals surface area contributed by atoms with Crippen molar-refractivity contribution in [1.29, 1.82) is 0 Å². The molecule has 138 valence electrons. The van der Waals surface area contributed by atoms with E-state index < -0.39 is 0 Å². The summed E-state index contributed by atoms with van der Waals surface area (Å²) in [4.78, 5) is 4.67. The highest BCUT2D eigenvalue weighted by Crippen LogP contribution is 2.41. The molecule has 0 saturated carbocycles. The molecule has 0 radical (unpaired) electrons. The number of aromatic hydroxyl groups is 1. The van der Waals surface area contributed by atoms with Gasteiger partial charge in [-0.05, 0) is 61.8 Å². The van der Waals surface area contributed by atoms with Crippen molar-refractivity contribution in [2.24, 2.45) is 16.0 Å². The summed E-state index contributed by atoms with van der Waals surface area (Å²) in [6.07, 6.45) is 3.34. The summed E-state index contributed by atoms with van der Waals surface area (Å²) in [5.41, 5.74) is 9.62. The highest BCUT2D eigenvalue weighted by molar-refractivity contribution is 7.80. The topological polar surface area (TPSA) is 82.4 Å². The number of fused-ring (bicyclic) bond motifs is 2. The van der Waals surface area contributed by atoms with Gasteiger partial charge in [0.25, 0.3) is 0 Å². The number of aromatic nitrogens is 1. The van der Waals surface area contributed by atoms with Gasteiger partial charge >= 0.3 is 0 Å². The molecule has 1 aromatic heterocycles. The average molecular weight is 372 g/mol. The summed E-state index contributed by atoms with van der Waals surface area (Å²) in [5.74, 6) is 0.127. The predicted molar refractivity (Wildman–Crippen MR) is 106 cm³/mol. The van der Waals surface area contributed by atoms with Crippen LogP contribution in [-0.4, -0.2) is 57.8 Å². The third-order valence-corrected chi connectivity index (χ3v) is 5.49. The van der Waals surface area contributed by atoms with Gasteiger partial charge in [0.2, 0.25) is 11.0 Å². The maximum Gasteiger partial charge on any atom is 0.221 e. The Bertz CT molecular complexity index is 882. The maximum atomic E-state index is 10.9. The second kappa shape index (κ2) is 6.94. The molecule has 2 heterocycles. The van der Waals surface area contributed by atoms with Gasteiger partial charge in [-0.3, -0.25) is 9.47 Å². The number of hydrogen-bond donors (Lipinski definition) is 2. The van der Waals surface area contributed by atoms with E-state index in [0.29, 0.717) is 12.4 Å². The van der Waals surface area contributed by atoms with Crippen molar-refractivity contribution >= 4 is 33.9 Å². The molecule has 0 amide bonds. The first kappa shape index (κ1) is 17.4. The molecule has 2 aromatic rings. The van der Waals surface area contributed by atoms with Gasteiger partial charge in [0, 0.05) is 31.6 Å². The minimum absolute atomic E-state index is 0.0365. The molecule has 0 unspecified atom stereocenters. The molecule has 26 heavy (non-hydrogen) atoms. The Hall–Kier alpha value is -2.03. The van der Waals surface area contributed by atoms with Crippen molar-refractivity contribution in [1.82, 2.24) is 14.4 Å². The van der Waals surface area contributed by atoms with Gasteiger partial charge in [-0.25, -0.2) is 0 Å². The van der Waals surface area contributed by atoms with Crippen molar-refractivity contribution in [3.05, 3.63) is 23.3 Å². The SMILES string of the molecule is CN1CCN(Cn2c(O)c(N=NC(N)=S)c3cc4c(cc32)CCC4)CC1. The van der Waals surface area contributed by atoms with Crippen LogP contribution in [0.3, 0.4) is 0 Å². The van der Waals surface area contributed by atoms with Crippen LogP contribution < -0.4 is 5.73 Å². The van der Waals surface area contributed by atoms with Crippen molar-refractivity contribution in [2.45, 2.75) is 25.9 Å². The van der Waals surface area contributed by atoms with E-state index in [1.165, 1.54) is 17.5 Å². The number of likely N-dealkylation sites (N-methyl/N-ethyl adjacent to an activating group) is 1. The Morgan fingerprint density at radius 1 is 1.19 bits per heavy atom. The predicted octanol–water partition coefficient (Wildman–Crippen LogP) is 2.37. The molecule has 1 aliphatic heterocycles. The van der Waals surface area contributed by atoms with Crippen LogP contribution in [0.5, 0.6) is 5.88 Å². The molecule has 0 bridgehead atoms. The van der Waals surface area contributed by atoms with E-state index in [1.807, 2.05) is 4.57 Å². The Kier molecular flexibility index (Phi) is 4.64. The number of hydrogen-bond acceptors (Lipinski definition) is 5. The van der Waals surface area contributed by atoms with Gasteiger partial charge in [-0.1, -0.05) is 0 Å². The smallest absolute Gasteiger partial charge is 0.221 e. The van der Waals surface area contributed by atoms with Gasteiger partial charge < -0.3 is 15.7 Å². The molecule has 1 saturated heterocycles. The first-order chi connectivity index (χ1) is 12.5. The lowest BCUT2D eigenvalue weighted by molar-refractivity contribution is 0.123. The summed E-state index contributed by atoms with van der Waals surface area (Å²) < 4.78 is 1.94. The zero-order valence-corrected chi connectivity index (χ0v) is 15.8. The Balaban J connectivity index is 1.78. The fraction of sp³-hybridized carbons (Fsp3) is 0.500. The molecule has 8 heteroatoms. The number of rotatable bonds is 3. The molecule has 0 spiro atoms. The summed E-state index contributed by atoms with van der Waals surface area (Å²) >= 11 is 4.80. The third-order valence-electron chi connectivity index (χ3n) is 5.41. The average Bonchev–Trinajstić information content (AvgIpc) is 3.16. The van der Waals surface area contributed by atoms with E-state index in [1.54, 1.807) is 0 Å². The molecular weight excluding hydrogens is 348 g/mol. The molecule has 1 fully saturated rings. The first-order valence-corrected chi connectivity index (χ1v) is 9.43. The molecule has 2 aliphatic rings. The Morgan fingerprint density at radius 3 is 2.58 bits per heavy atom. The van der Waals surface area contributed by atoms with Crippen LogP contribution in [0.25, 0.3) is 10.9 Å². The minimum atomic E-state index is -0.0365. The van der Waals surface area contributed by atoms with E-state index in [9.17, 15) is 5.11 Å². The van der Waals surface area contributed by atoms with Crippen LogP contribution in [0.2, 0.25) is 0 Å². The number of nitrogens with two attached hydrogens (primary N) is 1. The lowest BCUT2D eigenvalue weighted by atomic mass is 10.1. The van der Waals surface area contributed by atoms with Crippen LogP contribution in [0.15, 0.2) is 22.4 Å². The molecule has 1 aliphatic carbocycles. The second-order valence-corrected chi connectivity index (χ2v) is 7.61. The lowest BCUT2D eigenvalue weighted by Gasteiger charge is -2.32. The number of thiocarbonyl (C=S) groups is 1. The Labute approximate surface area is 158 Å². The van der Waals surface area contributed by atoms with E-state index in [2.05, 4.69) is 39.2 Å². The molecule has 1 aromatic carbocycles. The number of benzene rings is 1. The normalized spacial score (nSPS) is 18.8. The second-order valence-electron chi connectivity index (χ2n) is 7.19. The standard InChI is InChI=1S/C18H24N6OS/c1-22-5-7-23(8-6-22)11-24-15-10-13-4-2-3-12(13)9-14(15)16(17(24)25)20-21-18(19)26/h9-10,25H,2-8,11H2,1H3,(H2,19,26).